The number of amides is 3. The van der Waals surface area contributed by atoms with Crippen LogP contribution in [0.25, 0.3) is 0 Å². The van der Waals surface area contributed by atoms with Crippen LogP contribution in [-0.4, -0.2) is 50.6 Å². The molecule has 0 aliphatic heterocycles. The Morgan fingerprint density at radius 2 is 1.73 bits per heavy atom. The highest BCUT2D eigenvalue weighted by Crippen LogP contribution is 2.30. The van der Waals surface area contributed by atoms with E-state index in [0.29, 0.717) is 18.5 Å². The minimum Gasteiger partial charge on any atom is -0.444 e. The van der Waals surface area contributed by atoms with Gasteiger partial charge in [-0.05, 0) is 51.8 Å². The van der Waals surface area contributed by atoms with Crippen molar-refractivity contribution in [3.63, 3.8) is 0 Å². The van der Waals surface area contributed by atoms with Crippen LogP contribution in [0.3, 0.4) is 0 Å². The molecule has 1 aromatic rings. The van der Waals surface area contributed by atoms with Crippen LogP contribution in [0.15, 0.2) is 29.2 Å². The van der Waals surface area contributed by atoms with Crippen molar-refractivity contribution in [2.75, 3.05) is 18.4 Å². The van der Waals surface area contributed by atoms with Crippen LogP contribution >= 0.6 is 0 Å². The molecule has 0 spiro atoms. The molecule has 0 unspecified atom stereocenters. The molecule has 1 saturated carbocycles. The van der Waals surface area contributed by atoms with E-state index in [1.54, 1.807) is 26.8 Å². The number of hydrogen-bond donors (Lipinski definition) is 4. The van der Waals surface area contributed by atoms with Gasteiger partial charge in [0, 0.05) is 25.7 Å². The Kier molecular flexibility index (Phi) is 8.84. The summed E-state index contributed by atoms with van der Waals surface area (Å²) in [5.41, 5.74) is -1.33. The van der Waals surface area contributed by atoms with Gasteiger partial charge in [-0.1, -0.05) is 25.3 Å². The summed E-state index contributed by atoms with van der Waals surface area (Å²) < 4.78 is 32.8. The van der Waals surface area contributed by atoms with Crippen molar-refractivity contribution in [2.45, 2.75) is 75.8 Å². The van der Waals surface area contributed by atoms with Crippen molar-refractivity contribution in [1.29, 1.82) is 0 Å². The zero-order valence-electron chi connectivity index (χ0n) is 19.6. The van der Waals surface area contributed by atoms with E-state index >= 15 is 0 Å². The second kappa shape index (κ2) is 11.0. The maximum atomic E-state index is 13.0. The maximum absolute atomic E-state index is 13.0. The highest BCUT2D eigenvalue weighted by atomic mass is 32.2. The molecule has 0 aromatic heterocycles. The Morgan fingerprint density at radius 1 is 1.06 bits per heavy atom. The number of rotatable bonds is 8. The van der Waals surface area contributed by atoms with Gasteiger partial charge >= 0.3 is 6.09 Å². The Bertz CT molecular complexity index is 965. The van der Waals surface area contributed by atoms with Gasteiger partial charge in [0.2, 0.25) is 21.8 Å². The third-order valence-electron chi connectivity index (χ3n) is 5.04. The molecule has 10 nitrogen and oxygen atoms in total. The summed E-state index contributed by atoms with van der Waals surface area (Å²) in [6, 6.07) is 5.87. The van der Waals surface area contributed by atoms with Crippen LogP contribution in [0, 0.1) is 0 Å². The van der Waals surface area contributed by atoms with E-state index in [1.807, 2.05) is 0 Å². The van der Waals surface area contributed by atoms with Crippen molar-refractivity contribution >= 4 is 33.6 Å². The predicted octanol–water partition coefficient (Wildman–Crippen LogP) is 2.27. The molecule has 4 N–H and O–H groups in total. The quantitative estimate of drug-likeness (QED) is 0.419. The van der Waals surface area contributed by atoms with Gasteiger partial charge in [-0.3, -0.25) is 9.59 Å². The van der Waals surface area contributed by atoms with Gasteiger partial charge in [0.25, 0.3) is 0 Å². The molecule has 0 heterocycles. The van der Waals surface area contributed by atoms with E-state index in [9.17, 15) is 22.8 Å². The molecule has 33 heavy (non-hydrogen) atoms. The molecule has 184 valence electrons. The van der Waals surface area contributed by atoms with Crippen molar-refractivity contribution in [3.8, 4) is 0 Å². The number of ether oxygens (including phenoxy) is 1. The van der Waals surface area contributed by atoms with E-state index in [4.69, 9.17) is 4.74 Å². The van der Waals surface area contributed by atoms with E-state index < -0.39 is 27.3 Å². The first-order valence-corrected chi connectivity index (χ1v) is 12.5. The van der Waals surface area contributed by atoms with Crippen molar-refractivity contribution < 1.29 is 27.5 Å². The molecule has 1 aliphatic carbocycles. The number of sulfonamides is 1. The molecule has 0 bridgehead atoms. The fraction of sp³-hybridized carbons (Fsp3) is 0.591. The lowest BCUT2D eigenvalue weighted by Crippen LogP contribution is -2.57. The number of carbonyl (C=O) groups is 3. The van der Waals surface area contributed by atoms with Gasteiger partial charge in [-0.15, -0.1) is 0 Å². The van der Waals surface area contributed by atoms with E-state index in [-0.39, 0.29) is 29.8 Å². The normalized spacial score (nSPS) is 15.9. The first kappa shape index (κ1) is 26.6. The SMILES string of the molecule is CC(=O)NC1(C(=O)Nc2cccc(S(=O)(=O)NCCNC(=O)OC(C)(C)C)c2)CCCCC1. The second-order valence-electron chi connectivity index (χ2n) is 9.13. The van der Waals surface area contributed by atoms with Crippen molar-refractivity contribution in [3.05, 3.63) is 24.3 Å². The molecule has 2 rings (SSSR count). The summed E-state index contributed by atoms with van der Waals surface area (Å²) in [5, 5.41) is 8.02. The van der Waals surface area contributed by atoms with E-state index in [2.05, 4.69) is 20.7 Å². The molecule has 3 amide bonds. The molecule has 1 aromatic carbocycles. The van der Waals surface area contributed by atoms with Crippen LogP contribution in [0.1, 0.15) is 59.8 Å². The first-order valence-electron chi connectivity index (χ1n) is 11.0. The average molecular weight is 483 g/mol. The van der Waals surface area contributed by atoms with Gasteiger partial charge in [0.05, 0.1) is 4.90 Å². The average Bonchev–Trinajstić information content (AvgIpc) is 2.70. The number of alkyl carbamates (subject to hydrolysis) is 1. The number of nitrogens with one attached hydrogen (secondary N) is 4. The summed E-state index contributed by atoms with van der Waals surface area (Å²) in [4.78, 5) is 36.3. The van der Waals surface area contributed by atoms with Crippen LogP contribution in [0.5, 0.6) is 0 Å². The minimum absolute atomic E-state index is 0.0326. The summed E-state index contributed by atoms with van der Waals surface area (Å²) >= 11 is 0. The predicted molar refractivity (Wildman–Crippen MR) is 124 cm³/mol. The monoisotopic (exact) mass is 482 g/mol. The Labute approximate surface area is 195 Å². The van der Waals surface area contributed by atoms with Crippen LogP contribution in [0.4, 0.5) is 10.5 Å². The zero-order chi connectivity index (χ0) is 24.7. The molecule has 0 saturated heterocycles. The Morgan fingerprint density at radius 3 is 2.33 bits per heavy atom. The molecule has 0 atom stereocenters. The van der Waals surface area contributed by atoms with Gasteiger partial charge in [-0.25, -0.2) is 17.9 Å². The Balaban J connectivity index is 2.00. The van der Waals surface area contributed by atoms with E-state index in [1.165, 1.54) is 25.1 Å². The molecule has 0 radical (unpaired) electrons. The lowest BCUT2D eigenvalue weighted by Gasteiger charge is -2.36. The highest BCUT2D eigenvalue weighted by molar-refractivity contribution is 7.89. The summed E-state index contributed by atoms with van der Waals surface area (Å²) in [7, 11) is -3.87. The first-order chi connectivity index (χ1) is 15.3. The summed E-state index contributed by atoms with van der Waals surface area (Å²) in [6.07, 6.45) is 3.07. The fourth-order valence-electron chi connectivity index (χ4n) is 3.64. The lowest BCUT2D eigenvalue weighted by atomic mass is 9.80. The van der Waals surface area contributed by atoms with Crippen LogP contribution in [-0.2, 0) is 24.3 Å². The topological polar surface area (TPSA) is 143 Å². The largest absolute Gasteiger partial charge is 0.444 e. The van der Waals surface area contributed by atoms with Crippen LogP contribution < -0.4 is 20.7 Å². The Hall–Kier alpha value is -2.66. The molecule has 1 aliphatic rings. The molecule has 11 heteroatoms. The van der Waals surface area contributed by atoms with Crippen LogP contribution in [0.2, 0.25) is 0 Å². The maximum Gasteiger partial charge on any atom is 0.407 e. The summed E-state index contributed by atoms with van der Waals surface area (Å²) in [5.74, 6) is -0.644. The number of benzene rings is 1. The highest BCUT2D eigenvalue weighted by Gasteiger charge is 2.40. The van der Waals surface area contributed by atoms with Gasteiger partial charge in [0.1, 0.15) is 11.1 Å². The van der Waals surface area contributed by atoms with Crippen molar-refractivity contribution in [2.24, 2.45) is 0 Å². The van der Waals surface area contributed by atoms with Gasteiger partial charge < -0.3 is 20.7 Å². The van der Waals surface area contributed by atoms with Crippen molar-refractivity contribution in [1.82, 2.24) is 15.4 Å². The lowest BCUT2D eigenvalue weighted by molar-refractivity contribution is -0.130. The third-order valence-corrected chi connectivity index (χ3v) is 6.50. The third kappa shape index (κ3) is 8.32. The summed E-state index contributed by atoms with van der Waals surface area (Å²) in [6.45, 7) is 6.57. The number of carbonyl (C=O) groups excluding carboxylic acids is 3. The molecule has 1 fully saturated rings. The molecular weight excluding hydrogens is 448 g/mol. The standard InChI is InChI=1S/C22H34N4O6S/c1-16(27)26-22(11-6-5-7-12-22)19(28)25-17-9-8-10-18(15-17)33(30,31)24-14-13-23-20(29)32-21(2,3)4/h8-10,15,24H,5-7,11-14H2,1-4H3,(H,23,29)(H,25,28)(H,26,27). The molecular formula is C22H34N4O6S. The zero-order valence-corrected chi connectivity index (χ0v) is 20.4. The van der Waals surface area contributed by atoms with Gasteiger partial charge in [-0.2, -0.15) is 0 Å². The second-order valence-corrected chi connectivity index (χ2v) is 10.9. The van der Waals surface area contributed by atoms with E-state index in [0.717, 1.165) is 19.3 Å². The smallest absolute Gasteiger partial charge is 0.407 e. The minimum atomic E-state index is -3.87. The fourth-order valence-corrected chi connectivity index (χ4v) is 4.72. The number of hydrogen-bond acceptors (Lipinski definition) is 6. The van der Waals surface area contributed by atoms with Gasteiger partial charge in [0.15, 0.2) is 0 Å². The number of anilines is 1.